The summed E-state index contributed by atoms with van der Waals surface area (Å²) >= 11 is 0. The van der Waals surface area contributed by atoms with Crippen molar-refractivity contribution in [1.82, 2.24) is 0 Å². The van der Waals surface area contributed by atoms with Gasteiger partial charge in [0.1, 0.15) is 0 Å². The van der Waals surface area contributed by atoms with Gasteiger partial charge in [0, 0.05) is 5.92 Å². The molecule has 1 aliphatic rings. The molecule has 1 rings (SSSR count). The Morgan fingerprint density at radius 2 is 2.20 bits per heavy atom. The number of hydrogen-bond donors (Lipinski definition) is 0. The fourth-order valence-corrected chi connectivity index (χ4v) is 1.24. The molecule has 0 saturated heterocycles. The van der Waals surface area contributed by atoms with E-state index < -0.39 is 0 Å². The van der Waals surface area contributed by atoms with Crippen LogP contribution in [0.1, 0.15) is 27.7 Å². The molecule has 0 radical (unpaired) electrons. The van der Waals surface area contributed by atoms with Crippen LogP contribution in [0.2, 0.25) is 0 Å². The molecule has 1 aliphatic heterocycles. The highest BCUT2D eigenvalue weighted by Crippen LogP contribution is 2.30. The lowest BCUT2D eigenvalue weighted by Crippen LogP contribution is -2.36. The second kappa shape index (κ2) is 2.39. The van der Waals surface area contributed by atoms with E-state index in [1.54, 1.807) is 0 Å². The van der Waals surface area contributed by atoms with Gasteiger partial charge < -0.3 is 4.74 Å². The second-order valence-corrected chi connectivity index (χ2v) is 3.58. The summed E-state index contributed by atoms with van der Waals surface area (Å²) in [6.45, 7) is 9.46. The van der Waals surface area contributed by atoms with Gasteiger partial charge >= 0.3 is 0 Å². The monoisotopic (exact) mass is 140 g/mol. The Kier molecular flexibility index (Phi) is 1.86. The predicted molar refractivity (Wildman–Crippen MR) is 43.0 cm³/mol. The zero-order chi connectivity index (χ0) is 7.78. The van der Waals surface area contributed by atoms with Gasteiger partial charge in [-0.05, 0) is 20.8 Å². The zero-order valence-corrected chi connectivity index (χ0v) is 7.27. The molecule has 0 saturated carbocycles. The highest BCUT2D eigenvalue weighted by Gasteiger charge is 2.29. The van der Waals surface area contributed by atoms with Crippen LogP contribution in [0.4, 0.5) is 0 Å². The summed E-state index contributed by atoms with van der Waals surface area (Å²) in [4.78, 5) is 0. The van der Waals surface area contributed by atoms with Crippen molar-refractivity contribution in [2.24, 2.45) is 5.92 Å². The molecule has 0 aliphatic carbocycles. The van der Waals surface area contributed by atoms with E-state index in [2.05, 4.69) is 33.8 Å². The molecule has 0 spiro atoms. The van der Waals surface area contributed by atoms with Gasteiger partial charge in [0.2, 0.25) is 0 Å². The molecule has 1 heteroatoms. The van der Waals surface area contributed by atoms with E-state index in [-0.39, 0.29) is 5.60 Å². The van der Waals surface area contributed by atoms with Crippen molar-refractivity contribution in [3.63, 3.8) is 0 Å². The van der Waals surface area contributed by atoms with Crippen LogP contribution in [0.3, 0.4) is 0 Å². The minimum atomic E-state index is 0.0405. The van der Waals surface area contributed by atoms with Crippen LogP contribution < -0.4 is 0 Å². The third kappa shape index (κ3) is 1.24. The molecule has 1 unspecified atom stereocenters. The van der Waals surface area contributed by atoms with Crippen molar-refractivity contribution in [3.8, 4) is 0 Å². The molecule has 1 heterocycles. The minimum Gasteiger partial charge on any atom is -0.371 e. The van der Waals surface area contributed by atoms with E-state index in [9.17, 15) is 0 Å². The van der Waals surface area contributed by atoms with Gasteiger partial charge in [-0.15, -0.1) is 0 Å². The van der Waals surface area contributed by atoms with Gasteiger partial charge in [-0.1, -0.05) is 18.6 Å². The van der Waals surface area contributed by atoms with E-state index in [0.29, 0.717) is 5.92 Å². The predicted octanol–water partition coefficient (Wildman–Crippen LogP) is 2.38. The van der Waals surface area contributed by atoms with Gasteiger partial charge in [0.15, 0.2) is 0 Å². The van der Waals surface area contributed by atoms with Crippen molar-refractivity contribution in [1.29, 1.82) is 0 Å². The van der Waals surface area contributed by atoms with Crippen LogP contribution >= 0.6 is 0 Å². The van der Waals surface area contributed by atoms with E-state index in [0.717, 1.165) is 6.61 Å². The highest BCUT2D eigenvalue weighted by atomic mass is 16.5. The van der Waals surface area contributed by atoms with Crippen molar-refractivity contribution in [2.75, 3.05) is 6.61 Å². The minimum absolute atomic E-state index is 0.0405. The fraction of sp³-hybridized carbons (Fsp3) is 0.778. The summed E-state index contributed by atoms with van der Waals surface area (Å²) in [5.74, 6) is 0.557. The first-order valence-corrected chi connectivity index (χ1v) is 3.84. The summed E-state index contributed by atoms with van der Waals surface area (Å²) < 4.78 is 5.57. The summed E-state index contributed by atoms with van der Waals surface area (Å²) in [6, 6.07) is 0. The van der Waals surface area contributed by atoms with E-state index >= 15 is 0 Å². The first-order valence-electron chi connectivity index (χ1n) is 3.84. The molecular weight excluding hydrogens is 124 g/mol. The maximum absolute atomic E-state index is 5.57. The van der Waals surface area contributed by atoms with E-state index in [4.69, 9.17) is 4.74 Å². The van der Waals surface area contributed by atoms with Crippen LogP contribution in [0.15, 0.2) is 11.6 Å². The number of ether oxygens (including phenoxy) is 1. The Morgan fingerprint density at radius 1 is 1.60 bits per heavy atom. The fourth-order valence-electron chi connectivity index (χ4n) is 1.24. The van der Waals surface area contributed by atoms with Crippen LogP contribution in [0.5, 0.6) is 0 Å². The molecule has 0 fully saturated rings. The molecule has 0 N–H and O–H groups in total. The van der Waals surface area contributed by atoms with Crippen molar-refractivity contribution >= 4 is 0 Å². The number of rotatable bonds is 0. The molecular formula is C9H16O. The van der Waals surface area contributed by atoms with Gasteiger partial charge in [0.25, 0.3) is 0 Å². The lowest BCUT2D eigenvalue weighted by Gasteiger charge is -2.35. The molecule has 0 bridgehead atoms. The van der Waals surface area contributed by atoms with E-state index in [1.807, 2.05) is 0 Å². The first-order chi connectivity index (χ1) is 4.54. The SMILES string of the molecule is CC1=CCOC(C)(C)C1C. The van der Waals surface area contributed by atoms with Crippen molar-refractivity contribution in [3.05, 3.63) is 11.6 Å². The molecule has 58 valence electrons. The summed E-state index contributed by atoms with van der Waals surface area (Å²) in [6.07, 6.45) is 2.16. The molecule has 0 aromatic heterocycles. The Bertz CT molecular complexity index is 156. The maximum atomic E-state index is 5.57. The third-order valence-electron chi connectivity index (χ3n) is 2.59. The molecule has 1 nitrogen and oxygen atoms in total. The summed E-state index contributed by atoms with van der Waals surface area (Å²) in [7, 11) is 0. The van der Waals surface area contributed by atoms with Crippen LogP contribution in [-0.2, 0) is 4.74 Å². The Labute approximate surface area is 63.1 Å². The van der Waals surface area contributed by atoms with Gasteiger partial charge in [-0.3, -0.25) is 0 Å². The van der Waals surface area contributed by atoms with Crippen molar-refractivity contribution in [2.45, 2.75) is 33.3 Å². The highest BCUT2D eigenvalue weighted by molar-refractivity contribution is 5.10. The average Bonchev–Trinajstić information content (AvgIpc) is 1.83. The largest absolute Gasteiger partial charge is 0.371 e. The topological polar surface area (TPSA) is 9.23 Å². The number of hydrogen-bond acceptors (Lipinski definition) is 1. The van der Waals surface area contributed by atoms with Gasteiger partial charge in [0.05, 0.1) is 12.2 Å². The average molecular weight is 140 g/mol. The summed E-state index contributed by atoms with van der Waals surface area (Å²) in [5, 5.41) is 0. The standard InChI is InChI=1S/C9H16O/c1-7-5-6-10-9(3,4)8(7)2/h5,8H,6H2,1-4H3. The normalized spacial score (nSPS) is 31.6. The lowest BCUT2D eigenvalue weighted by atomic mass is 9.85. The quantitative estimate of drug-likeness (QED) is 0.469. The molecule has 0 aromatic carbocycles. The Balaban J connectivity index is 2.78. The first kappa shape index (κ1) is 7.80. The maximum Gasteiger partial charge on any atom is 0.0693 e. The van der Waals surface area contributed by atoms with Gasteiger partial charge in [-0.2, -0.15) is 0 Å². The Hall–Kier alpha value is -0.300. The molecule has 0 amide bonds. The smallest absolute Gasteiger partial charge is 0.0693 e. The van der Waals surface area contributed by atoms with Crippen LogP contribution in [-0.4, -0.2) is 12.2 Å². The zero-order valence-electron chi connectivity index (χ0n) is 7.27. The van der Waals surface area contributed by atoms with Crippen LogP contribution in [0.25, 0.3) is 0 Å². The van der Waals surface area contributed by atoms with Crippen LogP contribution in [0, 0.1) is 5.92 Å². The second-order valence-electron chi connectivity index (χ2n) is 3.58. The van der Waals surface area contributed by atoms with Crippen molar-refractivity contribution < 1.29 is 4.74 Å². The summed E-state index contributed by atoms with van der Waals surface area (Å²) in [5.41, 5.74) is 1.50. The third-order valence-corrected chi connectivity index (χ3v) is 2.59. The molecule has 10 heavy (non-hydrogen) atoms. The Morgan fingerprint density at radius 3 is 2.60 bits per heavy atom. The molecule has 1 atom stereocenters. The molecule has 0 aromatic rings. The lowest BCUT2D eigenvalue weighted by molar-refractivity contribution is -0.0413. The van der Waals surface area contributed by atoms with E-state index in [1.165, 1.54) is 5.57 Å². The van der Waals surface area contributed by atoms with Gasteiger partial charge in [-0.25, -0.2) is 0 Å².